The van der Waals surface area contributed by atoms with Crippen LogP contribution in [0, 0.1) is 5.92 Å². The van der Waals surface area contributed by atoms with E-state index in [9.17, 15) is 0 Å². The molecule has 1 saturated heterocycles. The Bertz CT molecular complexity index is 360. The highest BCUT2D eigenvalue weighted by Gasteiger charge is 2.27. The van der Waals surface area contributed by atoms with E-state index in [1.165, 1.54) is 25.1 Å². The Balaban J connectivity index is 2.04. The van der Waals surface area contributed by atoms with Gasteiger partial charge in [-0.2, -0.15) is 0 Å². The molecule has 1 fully saturated rings. The van der Waals surface area contributed by atoms with Crippen LogP contribution in [0.5, 0.6) is 0 Å². The Morgan fingerprint density at radius 2 is 2.33 bits per heavy atom. The van der Waals surface area contributed by atoms with Crippen molar-refractivity contribution < 1.29 is 0 Å². The van der Waals surface area contributed by atoms with E-state index in [2.05, 4.69) is 28.3 Å². The Morgan fingerprint density at radius 1 is 1.50 bits per heavy atom. The second kappa shape index (κ2) is 6.34. The van der Waals surface area contributed by atoms with Gasteiger partial charge in [0.05, 0.1) is 12.0 Å². The van der Waals surface area contributed by atoms with Gasteiger partial charge in [-0.15, -0.1) is 0 Å². The lowest BCUT2D eigenvalue weighted by atomic mass is 9.91. The van der Waals surface area contributed by atoms with Gasteiger partial charge in [0.25, 0.3) is 0 Å². The van der Waals surface area contributed by atoms with Crippen LogP contribution in [0.1, 0.15) is 38.8 Å². The van der Waals surface area contributed by atoms with Crippen molar-refractivity contribution in [1.82, 2.24) is 14.5 Å². The van der Waals surface area contributed by atoms with Crippen molar-refractivity contribution in [2.45, 2.75) is 52.2 Å². The van der Waals surface area contributed by atoms with Gasteiger partial charge in [-0.25, -0.2) is 4.98 Å². The predicted molar refractivity (Wildman–Crippen MR) is 74.2 cm³/mol. The maximum absolute atomic E-state index is 5.95. The van der Waals surface area contributed by atoms with Gasteiger partial charge < -0.3 is 10.3 Å². The molecule has 1 aromatic heterocycles. The van der Waals surface area contributed by atoms with E-state index in [1.54, 1.807) is 0 Å². The molecule has 4 nitrogen and oxygen atoms in total. The van der Waals surface area contributed by atoms with E-state index >= 15 is 0 Å². The van der Waals surface area contributed by atoms with Gasteiger partial charge in [0.2, 0.25) is 0 Å². The Labute approximate surface area is 110 Å². The van der Waals surface area contributed by atoms with E-state index in [0.29, 0.717) is 12.0 Å². The molecule has 0 amide bonds. The molecule has 1 aromatic rings. The van der Waals surface area contributed by atoms with Gasteiger partial charge in [-0.05, 0) is 31.7 Å². The van der Waals surface area contributed by atoms with Crippen LogP contribution in [0.2, 0.25) is 0 Å². The molecule has 0 aromatic carbocycles. The molecule has 2 atom stereocenters. The second-order valence-corrected chi connectivity index (χ2v) is 5.47. The summed E-state index contributed by atoms with van der Waals surface area (Å²) < 4.78 is 2.27. The van der Waals surface area contributed by atoms with Crippen molar-refractivity contribution in [1.29, 1.82) is 0 Å². The van der Waals surface area contributed by atoms with Crippen molar-refractivity contribution in [3.05, 3.63) is 18.2 Å². The topological polar surface area (TPSA) is 47.1 Å². The molecule has 0 radical (unpaired) electrons. The molecular weight excluding hydrogens is 224 g/mol. The highest BCUT2D eigenvalue weighted by atomic mass is 15.2. The number of piperidine rings is 1. The molecule has 0 spiro atoms. The van der Waals surface area contributed by atoms with Crippen molar-refractivity contribution in [2.75, 3.05) is 13.1 Å². The lowest BCUT2D eigenvalue weighted by molar-refractivity contribution is 0.0965. The average Bonchev–Trinajstić information content (AvgIpc) is 2.78. The van der Waals surface area contributed by atoms with E-state index < -0.39 is 0 Å². The lowest BCUT2D eigenvalue weighted by Crippen LogP contribution is -2.48. The fourth-order valence-electron chi connectivity index (χ4n) is 3.04. The molecule has 0 bridgehead atoms. The monoisotopic (exact) mass is 250 g/mol. The summed E-state index contributed by atoms with van der Waals surface area (Å²) in [5.74, 6) is 0.714. The van der Waals surface area contributed by atoms with Gasteiger partial charge in [-0.3, -0.25) is 4.90 Å². The van der Waals surface area contributed by atoms with E-state index in [1.807, 2.05) is 12.5 Å². The fraction of sp³-hybridized carbons (Fsp3) is 0.786. The summed E-state index contributed by atoms with van der Waals surface area (Å²) in [4.78, 5) is 6.82. The van der Waals surface area contributed by atoms with E-state index in [-0.39, 0.29) is 0 Å². The number of nitrogens with zero attached hydrogens (tertiary/aromatic N) is 3. The van der Waals surface area contributed by atoms with Gasteiger partial charge in [0, 0.05) is 31.9 Å². The van der Waals surface area contributed by atoms with Crippen LogP contribution in [0.25, 0.3) is 0 Å². The molecule has 2 heterocycles. The summed E-state index contributed by atoms with van der Waals surface area (Å²) in [5.41, 5.74) is 7.27. The van der Waals surface area contributed by atoms with Crippen LogP contribution in [0.15, 0.2) is 12.5 Å². The minimum atomic E-state index is 0.531. The molecule has 1 aliphatic heterocycles. The molecular formula is C14H26N4. The largest absolute Gasteiger partial charge is 0.333 e. The third-order valence-electron chi connectivity index (χ3n) is 4.10. The first-order valence-electron chi connectivity index (χ1n) is 7.19. The molecule has 2 rings (SSSR count). The highest BCUT2D eigenvalue weighted by Crippen LogP contribution is 2.24. The van der Waals surface area contributed by atoms with Crippen LogP contribution in [-0.2, 0) is 13.1 Å². The van der Waals surface area contributed by atoms with Crippen LogP contribution < -0.4 is 5.73 Å². The summed E-state index contributed by atoms with van der Waals surface area (Å²) in [6.07, 6.45) is 7.71. The molecule has 0 saturated carbocycles. The maximum Gasteiger partial charge on any atom is 0.0948 e. The quantitative estimate of drug-likeness (QED) is 0.867. The number of hydrogen-bond acceptors (Lipinski definition) is 3. The second-order valence-electron chi connectivity index (χ2n) is 5.47. The molecule has 1 aliphatic rings. The minimum absolute atomic E-state index is 0.531. The predicted octanol–water partition coefficient (Wildman–Crippen LogP) is 1.85. The maximum atomic E-state index is 5.95. The zero-order chi connectivity index (χ0) is 13.0. The number of hydrogen-bond donors (Lipinski definition) is 1. The smallest absolute Gasteiger partial charge is 0.0948 e. The van der Waals surface area contributed by atoms with Crippen molar-refractivity contribution >= 4 is 0 Å². The number of rotatable bonds is 5. The first-order valence-corrected chi connectivity index (χ1v) is 7.19. The highest BCUT2D eigenvalue weighted by molar-refractivity contribution is 5.00. The zero-order valence-corrected chi connectivity index (χ0v) is 11.7. The van der Waals surface area contributed by atoms with Gasteiger partial charge in [-0.1, -0.05) is 13.8 Å². The molecule has 18 heavy (non-hydrogen) atoms. The Morgan fingerprint density at radius 3 is 3.06 bits per heavy atom. The first-order chi connectivity index (χ1) is 8.76. The van der Waals surface area contributed by atoms with Crippen molar-refractivity contribution in [3.63, 3.8) is 0 Å². The van der Waals surface area contributed by atoms with E-state index in [0.717, 1.165) is 26.1 Å². The lowest BCUT2D eigenvalue weighted by Gasteiger charge is -2.39. The molecule has 102 valence electrons. The van der Waals surface area contributed by atoms with Gasteiger partial charge in [0.1, 0.15) is 0 Å². The first kappa shape index (κ1) is 13.6. The van der Waals surface area contributed by atoms with Crippen LogP contribution in [0.4, 0.5) is 0 Å². The summed E-state index contributed by atoms with van der Waals surface area (Å²) >= 11 is 0. The molecule has 4 heteroatoms. The summed E-state index contributed by atoms with van der Waals surface area (Å²) in [7, 11) is 0. The number of likely N-dealkylation sites (tertiary alicyclic amines) is 1. The third kappa shape index (κ3) is 2.93. The fourth-order valence-corrected chi connectivity index (χ4v) is 3.04. The zero-order valence-electron chi connectivity index (χ0n) is 11.7. The number of aryl methyl sites for hydroxylation is 1. The molecule has 0 aliphatic carbocycles. The van der Waals surface area contributed by atoms with Crippen molar-refractivity contribution in [2.24, 2.45) is 11.7 Å². The summed E-state index contributed by atoms with van der Waals surface area (Å²) in [6, 6.07) is 0.531. The number of aromatic nitrogens is 2. The number of nitrogens with two attached hydrogens (primary N) is 1. The minimum Gasteiger partial charge on any atom is -0.333 e. The molecule has 2 N–H and O–H groups in total. The van der Waals surface area contributed by atoms with Crippen LogP contribution >= 0.6 is 0 Å². The normalized spacial score (nSPS) is 25.5. The molecule has 2 unspecified atom stereocenters. The van der Waals surface area contributed by atoms with Gasteiger partial charge in [0.15, 0.2) is 0 Å². The van der Waals surface area contributed by atoms with Crippen LogP contribution in [-0.4, -0.2) is 33.6 Å². The summed E-state index contributed by atoms with van der Waals surface area (Å²) in [6.45, 7) is 8.52. The Kier molecular flexibility index (Phi) is 4.78. The average molecular weight is 250 g/mol. The summed E-state index contributed by atoms with van der Waals surface area (Å²) in [5, 5.41) is 0. The Hall–Kier alpha value is -0.870. The third-order valence-corrected chi connectivity index (χ3v) is 4.10. The van der Waals surface area contributed by atoms with Crippen molar-refractivity contribution in [3.8, 4) is 0 Å². The van der Waals surface area contributed by atoms with Crippen LogP contribution in [0.3, 0.4) is 0 Å². The standard InChI is InChI=1S/C14H26N4/c1-3-6-18-11-16-9-13(18)10-17-7-4-5-12(2)14(17)8-15/h9,11-12,14H,3-8,10,15H2,1-2H3. The number of imidazole rings is 1. The van der Waals surface area contributed by atoms with Gasteiger partial charge >= 0.3 is 0 Å². The SMILES string of the molecule is CCCn1cncc1CN1CCCC(C)C1CN. The van der Waals surface area contributed by atoms with E-state index in [4.69, 9.17) is 5.73 Å².